The van der Waals surface area contributed by atoms with Crippen molar-refractivity contribution in [3.8, 4) is 0 Å². The summed E-state index contributed by atoms with van der Waals surface area (Å²) in [5, 5.41) is 4.16. The van der Waals surface area contributed by atoms with Crippen molar-refractivity contribution in [1.29, 1.82) is 0 Å². The van der Waals surface area contributed by atoms with Crippen molar-refractivity contribution >= 4 is 37.2 Å². The summed E-state index contributed by atoms with van der Waals surface area (Å²) in [7, 11) is -2.52. The van der Waals surface area contributed by atoms with Crippen LogP contribution in [0.4, 0.5) is 0 Å². The van der Waals surface area contributed by atoms with Gasteiger partial charge in [-0.05, 0) is 18.2 Å². The van der Waals surface area contributed by atoms with Gasteiger partial charge in [0, 0.05) is 10.4 Å². The number of carbonyl (C=O) groups is 1. The summed E-state index contributed by atoms with van der Waals surface area (Å²) in [6, 6.07) is 6.78. The molecule has 0 bridgehead atoms. The third-order valence-corrected chi connectivity index (χ3v) is 6.25. The van der Waals surface area contributed by atoms with Crippen LogP contribution >= 0.6 is 11.3 Å². The second kappa shape index (κ2) is 7.38. The molecule has 2 aromatic rings. The van der Waals surface area contributed by atoms with E-state index in [0.717, 1.165) is 11.8 Å². The lowest BCUT2D eigenvalue weighted by Gasteiger charge is -2.20. The fraction of sp³-hybridized carbons (Fsp3) is 0.235. The van der Waals surface area contributed by atoms with Crippen molar-refractivity contribution in [2.45, 2.75) is 6.04 Å². The highest BCUT2D eigenvalue weighted by atomic mass is 32.2. The van der Waals surface area contributed by atoms with Crippen LogP contribution in [0.3, 0.4) is 0 Å². The molecule has 1 N–H and O–H groups in total. The van der Waals surface area contributed by atoms with Crippen LogP contribution < -0.4 is 10.9 Å². The van der Waals surface area contributed by atoms with Gasteiger partial charge in [0.1, 0.15) is 10.8 Å². The zero-order chi connectivity index (χ0) is 18.7. The number of hydrogen-bond acceptors (Lipinski definition) is 8. The molecule has 0 fully saturated rings. The number of nitrogens with one attached hydrogen (secondary N) is 1. The number of aromatic nitrogens is 1. The van der Waals surface area contributed by atoms with Crippen molar-refractivity contribution in [2.24, 2.45) is 0 Å². The first kappa shape index (κ1) is 18.3. The van der Waals surface area contributed by atoms with Crippen LogP contribution in [0.5, 0.6) is 0 Å². The molecule has 1 aromatic carbocycles. The lowest BCUT2D eigenvalue weighted by molar-refractivity contribution is -0.137. The van der Waals surface area contributed by atoms with Crippen LogP contribution in [0.25, 0.3) is 10.1 Å². The van der Waals surface area contributed by atoms with E-state index in [2.05, 4.69) is 15.0 Å². The van der Waals surface area contributed by atoms with Gasteiger partial charge < -0.3 is 10.1 Å². The molecule has 0 radical (unpaired) electrons. The minimum absolute atomic E-state index is 0.320. The highest BCUT2D eigenvalue weighted by Crippen LogP contribution is 2.25. The molecular weight excluding hydrogens is 376 g/mol. The molecule has 0 amide bonds. The first-order chi connectivity index (χ1) is 12.4. The molecule has 0 spiro atoms. The summed E-state index contributed by atoms with van der Waals surface area (Å²) in [5.74, 6) is -1.81. The third kappa shape index (κ3) is 4.17. The van der Waals surface area contributed by atoms with Crippen molar-refractivity contribution < 1.29 is 17.9 Å². The molecule has 136 valence electrons. The minimum Gasteiger partial charge on any atom is -0.468 e. The Balaban J connectivity index is 1.81. The topological polar surface area (TPSA) is 102 Å². The van der Waals surface area contributed by atoms with E-state index >= 15 is 0 Å². The van der Waals surface area contributed by atoms with Crippen LogP contribution in [0, 0.1) is 0 Å². The van der Waals surface area contributed by atoms with Crippen LogP contribution in [0.15, 0.2) is 53.0 Å². The molecule has 1 aliphatic rings. The van der Waals surface area contributed by atoms with Gasteiger partial charge in [0.15, 0.2) is 9.84 Å². The van der Waals surface area contributed by atoms with Crippen molar-refractivity contribution in [1.82, 2.24) is 10.3 Å². The average Bonchev–Trinajstić information content (AvgIpc) is 2.61. The number of ether oxygens (including phenoxy) is 1. The summed E-state index contributed by atoms with van der Waals surface area (Å²) in [6.07, 6.45) is 5.12. The number of hydrogen-bond donors (Lipinski definition) is 1. The van der Waals surface area contributed by atoms with Gasteiger partial charge in [-0.2, -0.15) is 0 Å². The molecule has 1 aromatic heterocycles. The molecule has 9 heteroatoms. The first-order valence-corrected chi connectivity index (χ1v) is 10.3. The minimum atomic E-state index is -3.66. The van der Waals surface area contributed by atoms with Gasteiger partial charge in [-0.1, -0.05) is 24.3 Å². The summed E-state index contributed by atoms with van der Waals surface area (Å²) in [5.41, 5.74) is 0.106. The summed E-state index contributed by atoms with van der Waals surface area (Å²) in [6.45, 7) is 0. The van der Waals surface area contributed by atoms with Gasteiger partial charge in [-0.15, -0.1) is 11.3 Å². The summed E-state index contributed by atoms with van der Waals surface area (Å²) in [4.78, 5) is 27.5. The van der Waals surface area contributed by atoms with Crippen LogP contribution in [0.2, 0.25) is 0 Å². The van der Waals surface area contributed by atoms with Gasteiger partial charge in [0.2, 0.25) is 0 Å². The molecule has 26 heavy (non-hydrogen) atoms. The lowest BCUT2D eigenvalue weighted by Crippen LogP contribution is -2.29. The van der Waals surface area contributed by atoms with E-state index in [1.807, 2.05) is 12.1 Å². The highest BCUT2D eigenvalue weighted by molar-refractivity contribution is 7.92. The quantitative estimate of drug-likeness (QED) is 0.766. The Hall–Kier alpha value is -2.52. The van der Waals surface area contributed by atoms with Crippen LogP contribution in [-0.2, 0) is 19.4 Å². The average molecular weight is 392 g/mol. The monoisotopic (exact) mass is 392 g/mol. The summed E-state index contributed by atoms with van der Waals surface area (Å²) >= 11 is 1.37. The van der Waals surface area contributed by atoms with Gasteiger partial charge in [0.25, 0.3) is 5.56 Å². The Labute approximate surface area is 153 Å². The molecule has 1 aliphatic heterocycles. The Morgan fingerprint density at radius 1 is 1.35 bits per heavy atom. The number of methoxy groups -OCH3 is 1. The largest absolute Gasteiger partial charge is 0.468 e. The van der Waals surface area contributed by atoms with E-state index in [1.54, 1.807) is 30.4 Å². The Kier molecular flexibility index (Phi) is 5.19. The van der Waals surface area contributed by atoms with Gasteiger partial charge in [-0.3, -0.25) is 9.59 Å². The second-order valence-corrected chi connectivity index (χ2v) is 8.79. The van der Waals surface area contributed by atoms with E-state index in [9.17, 15) is 18.0 Å². The molecule has 7 nitrogen and oxygen atoms in total. The van der Waals surface area contributed by atoms with Crippen molar-refractivity contribution in [3.05, 3.63) is 63.6 Å². The zero-order valence-corrected chi connectivity index (χ0v) is 15.5. The SMILES string of the molecule is COC(=O)CS(=O)(=O)CC1=CC=CC(c2nc(=O)c3ccccc3s2)N1. The Morgan fingerprint density at radius 3 is 2.88 bits per heavy atom. The maximum absolute atomic E-state index is 12.2. The van der Waals surface area contributed by atoms with Crippen molar-refractivity contribution in [3.63, 3.8) is 0 Å². The molecular formula is C17H16N2O5S2. The van der Waals surface area contributed by atoms with E-state index < -0.39 is 27.6 Å². The smallest absolute Gasteiger partial charge is 0.320 e. The van der Waals surface area contributed by atoms with Crippen molar-refractivity contribution in [2.75, 3.05) is 18.6 Å². The maximum Gasteiger partial charge on any atom is 0.320 e. The van der Waals surface area contributed by atoms with Gasteiger partial charge in [0.05, 0.1) is 24.3 Å². The van der Waals surface area contributed by atoms with Crippen LogP contribution in [0.1, 0.15) is 11.0 Å². The number of sulfone groups is 1. The zero-order valence-electron chi connectivity index (χ0n) is 13.8. The van der Waals surface area contributed by atoms with E-state index in [4.69, 9.17) is 0 Å². The van der Waals surface area contributed by atoms with E-state index in [-0.39, 0.29) is 11.3 Å². The molecule has 0 saturated heterocycles. The number of benzene rings is 1. The molecule has 1 atom stereocenters. The second-order valence-electron chi connectivity index (χ2n) is 5.66. The van der Waals surface area contributed by atoms with Crippen LogP contribution in [-0.4, -0.2) is 38.0 Å². The first-order valence-electron chi connectivity index (χ1n) is 7.69. The van der Waals surface area contributed by atoms with E-state index in [0.29, 0.717) is 16.1 Å². The fourth-order valence-corrected chi connectivity index (χ4v) is 4.76. The number of dihydropyridines is 1. The number of allylic oxidation sites excluding steroid dienone is 2. The number of fused-ring (bicyclic) bond motifs is 1. The predicted molar refractivity (Wildman–Crippen MR) is 99.7 cm³/mol. The Bertz CT molecular complexity index is 1070. The number of carbonyl (C=O) groups excluding carboxylic acids is 1. The highest BCUT2D eigenvalue weighted by Gasteiger charge is 2.23. The molecule has 2 heterocycles. The molecule has 0 saturated carbocycles. The Morgan fingerprint density at radius 2 is 2.12 bits per heavy atom. The number of esters is 1. The van der Waals surface area contributed by atoms with Gasteiger partial charge in [-0.25, -0.2) is 13.4 Å². The lowest BCUT2D eigenvalue weighted by atomic mass is 10.2. The third-order valence-electron chi connectivity index (χ3n) is 3.69. The van der Waals surface area contributed by atoms with E-state index in [1.165, 1.54) is 11.3 Å². The maximum atomic E-state index is 12.2. The number of nitrogens with zero attached hydrogens (tertiary/aromatic N) is 1. The summed E-state index contributed by atoms with van der Waals surface area (Å²) < 4.78 is 29.4. The standard InChI is InChI=1S/C17H16N2O5S2/c1-24-15(20)10-26(22,23)9-11-5-4-7-13(18-11)17-19-16(21)12-6-2-3-8-14(12)25-17/h2-8,13,18H,9-10H2,1H3. The fourth-order valence-electron chi connectivity index (χ4n) is 2.50. The molecule has 1 unspecified atom stereocenters. The number of rotatable bonds is 5. The molecule has 3 rings (SSSR count). The molecule has 0 aliphatic carbocycles. The normalized spacial score (nSPS) is 16.8. The van der Waals surface area contributed by atoms with Gasteiger partial charge >= 0.3 is 5.97 Å². The predicted octanol–water partition coefficient (Wildman–Crippen LogP) is 1.33.